The maximum atomic E-state index is 11.0. The van der Waals surface area contributed by atoms with Crippen molar-refractivity contribution >= 4 is 6.29 Å². The van der Waals surface area contributed by atoms with Crippen molar-refractivity contribution in [2.45, 2.75) is 45.1 Å². The van der Waals surface area contributed by atoms with Crippen LogP contribution in [0, 0.1) is 0 Å². The highest BCUT2D eigenvalue weighted by Gasteiger charge is 2.29. The fourth-order valence-electron chi connectivity index (χ4n) is 1.57. The number of pyridine rings is 1. The first-order valence-electron chi connectivity index (χ1n) is 5.62. The van der Waals surface area contributed by atoms with E-state index in [0.717, 1.165) is 30.4 Å². The van der Waals surface area contributed by atoms with Crippen LogP contribution >= 0.6 is 0 Å². The second-order valence-electron chi connectivity index (χ2n) is 5.29. The topological polar surface area (TPSA) is 39.2 Å². The molecular weight excluding hydrogens is 202 g/mol. The molecule has 1 heterocycles. The molecule has 0 aliphatic heterocycles. The Hall–Kier alpha value is -1.38. The van der Waals surface area contributed by atoms with Gasteiger partial charge in [-0.1, -0.05) is 20.8 Å². The van der Waals surface area contributed by atoms with Crippen molar-refractivity contribution in [2.24, 2.45) is 0 Å². The van der Waals surface area contributed by atoms with Crippen LogP contribution in [0.5, 0.6) is 5.75 Å². The van der Waals surface area contributed by atoms with Crippen LogP contribution in [-0.2, 0) is 5.41 Å². The quantitative estimate of drug-likeness (QED) is 0.734. The third kappa shape index (κ3) is 2.23. The van der Waals surface area contributed by atoms with Gasteiger partial charge in [-0.3, -0.25) is 9.78 Å². The summed E-state index contributed by atoms with van der Waals surface area (Å²) in [7, 11) is 0. The van der Waals surface area contributed by atoms with Crippen LogP contribution in [0.2, 0.25) is 0 Å². The van der Waals surface area contributed by atoms with Crippen LogP contribution in [0.4, 0.5) is 0 Å². The molecule has 86 valence electrons. The summed E-state index contributed by atoms with van der Waals surface area (Å²) in [6, 6.07) is 0. The highest BCUT2D eigenvalue weighted by Crippen LogP contribution is 2.36. The molecule has 0 unspecified atom stereocenters. The number of ether oxygens (including phenoxy) is 1. The molecule has 1 aromatic heterocycles. The lowest BCUT2D eigenvalue weighted by atomic mass is 9.87. The first-order valence-corrected chi connectivity index (χ1v) is 5.62. The van der Waals surface area contributed by atoms with E-state index in [1.54, 1.807) is 12.4 Å². The van der Waals surface area contributed by atoms with Crippen LogP contribution in [-0.4, -0.2) is 17.4 Å². The predicted octanol–water partition coefficient (Wildman–Crippen LogP) is 2.73. The second-order valence-corrected chi connectivity index (χ2v) is 5.29. The number of hydrogen-bond acceptors (Lipinski definition) is 3. The summed E-state index contributed by atoms with van der Waals surface area (Å²) >= 11 is 0. The lowest BCUT2D eigenvalue weighted by molar-refractivity contribution is 0.111. The number of rotatable bonds is 3. The molecule has 16 heavy (non-hydrogen) atoms. The van der Waals surface area contributed by atoms with E-state index in [1.807, 2.05) is 0 Å². The standard InChI is InChI=1S/C13H17NO2/c1-13(2,3)11-7-14-6-9(8-15)12(11)16-10-4-5-10/h6-8,10H,4-5H2,1-3H3. The van der Waals surface area contributed by atoms with Crippen LogP contribution < -0.4 is 4.74 Å². The van der Waals surface area contributed by atoms with E-state index in [4.69, 9.17) is 4.74 Å². The minimum atomic E-state index is -0.0593. The van der Waals surface area contributed by atoms with Gasteiger partial charge in [0.1, 0.15) is 5.75 Å². The average Bonchev–Trinajstić information content (AvgIpc) is 3.00. The zero-order chi connectivity index (χ0) is 11.8. The number of aldehydes is 1. The Bertz CT molecular complexity index is 403. The second kappa shape index (κ2) is 3.89. The van der Waals surface area contributed by atoms with Gasteiger partial charge in [-0.2, -0.15) is 0 Å². The van der Waals surface area contributed by atoms with Gasteiger partial charge in [-0.25, -0.2) is 0 Å². The van der Waals surface area contributed by atoms with Crippen molar-refractivity contribution in [3.63, 3.8) is 0 Å². The molecule has 1 fully saturated rings. The van der Waals surface area contributed by atoms with Crippen molar-refractivity contribution in [1.82, 2.24) is 4.98 Å². The summed E-state index contributed by atoms with van der Waals surface area (Å²) in [6.45, 7) is 6.29. The molecule has 1 aliphatic carbocycles. The summed E-state index contributed by atoms with van der Waals surface area (Å²) < 4.78 is 5.83. The van der Waals surface area contributed by atoms with Gasteiger partial charge in [-0.05, 0) is 18.3 Å². The van der Waals surface area contributed by atoms with E-state index >= 15 is 0 Å². The molecule has 1 saturated carbocycles. The van der Waals surface area contributed by atoms with Crippen molar-refractivity contribution in [2.75, 3.05) is 0 Å². The summed E-state index contributed by atoms with van der Waals surface area (Å²) in [5.41, 5.74) is 1.50. The van der Waals surface area contributed by atoms with E-state index in [9.17, 15) is 4.79 Å². The molecule has 0 atom stereocenters. The summed E-state index contributed by atoms with van der Waals surface area (Å²) in [4.78, 5) is 15.1. The van der Waals surface area contributed by atoms with E-state index in [2.05, 4.69) is 25.8 Å². The smallest absolute Gasteiger partial charge is 0.155 e. The zero-order valence-corrected chi connectivity index (χ0v) is 9.99. The van der Waals surface area contributed by atoms with Gasteiger partial charge in [0.25, 0.3) is 0 Å². The molecular formula is C13H17NO2. The fourth-order valence-corrected chi connectivity index (χ4v) is 1.57. The number of nitrogens with zero attached hydrogens (tertiary/aromatic N) is 1. The molecule has 0 saturated heterocycles. The maximum Gasteiger partial charge on any atom is 0.155 e. The molecule has 0 N–H and O–H groups in total. The predicted molar refractivity (Wildman–Crippen MR) is 62.0 cm³/mol. The van der Waals surface area contributed by atoms with E-state index in [0.29, 0.717) is 11.7 Å². The number of aromatic nitrogens is 1. The van der Waals surface area contributed by atoms with Gasteiger partial charge < -0.3 is 4.74 Å². The van der Waals surface area contributed by atoms with Crippen molar-refractivity contribution in [3.8, 4) is 5.75 Å². The first-order chi connectivity index (χ1) is 7.52. The number of hydrogen-bond donors (Lipinski definition) is 0. The molecule has 0 amide bonds. The zero-order valence-electron chi connectivity index (χ0n) is 9.99. The molecule has 0 radical (unpaired) electrons. The minimum absolute atomic E-state index is 0.0593. The van der Waals surface area contributed by atoms with Gasteiger partial charge in [0, 0.05) is 18.0 Å². The fraction of sp³-hybridized carbons (Fsp3) is 0.538. The molecule has 3 nitrogen and oxygen atoms in total. The Morgan fingerprint density at radius 1 is 1.38 bits per heavy atom. The normalized spacial score (nSPS) is 15.9. The largest absolute Gasteiger partial charge is 0.489 e. The summed E-state index contributed by atoms with van der Waals surface area (Å²) in [6.07, 6.45) is 6.65. The van der Waals surface area contributed by atoms with Gasteiger partial charge in [0.15, 0.2) is 6.29 Å². The van der Waals surface area contributed by atoms with Crippen LogP contribution in [0.1, 0.15) is 49.5 Å². The monoisotopic (exact) mass is 219 g/mol. The van der Waals surface area contributed by atoms with Crippen LogP contribution in [0.3, 0.4) is 0 Å². The molecule has 1 aliphatic rings. The molecule has 0 spiro atoms. The molecule has 2 rings (SSSR count). The SMILES string of the molecule is CC(C)(C)c1cncc(C=O)c1OC1CC1. The highest BCUT2D eigenvalue weighted by atomic mass is 16.5. The molecule has 3 heteroatoms. The van der Waals surface area contributed by atoms with Crippen molar-refractivity contribution < 1.29 is 9.53 Å². The lowest BCUT2D eigenvalue weighted by Gasteiger charge is -2.23. The first kappa shape index (κ1) is 11.1. The third-order valence-corrected chi connectivity index (χ3v) is 2.67. The number of carbonyl (C=O) groups excluding carboxylic acids is 1. The Labute approximate surface area is 95.8 Å². The highest BCUT2D eigenvalue weighted by molar-refractivity contribution is 5.79. The minimum Gasteiger partial charge on any atom is -0.489 e. The van der Waals surface area contributed by atoms with Gasteiger partial charge in [0.2, 0.25) is 0 Å². The van der Waals surface area contributed by atoms with E-state index < -0.39 is 0 Å². The lowest BCUT2D eigenvalue weighted by Crippen LogP contribution is -2.16. The van der Waals surface area contributed by atoms with Crippen LogP contribution in [0.25, 0.3) is 0 Å². The van der Waals surface area contributed by atoms with Gasteiger partial charge in [0.05, 0.1) is 11.7 Å². The maximum absolute atomic E-state index is 11.0. The van der Waals surface area contributed by atoms with Crippen LogP contribution in [0.15, 0.2) is 12.4 Å². The van der Waals surface area contributed by atoms with E-state index in [-0.39, 0.29) is 5.41 Å². The Morgan fingerprint density at radius 2 is 2.06 bits per heavy atom. The van der Waals surface area contributed by atoms with E-state index in [1.165, 1.54) is 0 Å². The van der Waals surface area contributed by atoms with Crippen molar-refractivity contribution in [3.05, 3.63) is 23.5 Å². The Morgan fingerprint density at radius 3 is 2.56 bits per heavy atom. The number of carbonyl (C=O) groups is 1. The Kier molecular flexibility index (Phi) is 2.70. The van der Waals surface area contributed by atoms with Crippen molar-refractivity contribution in [1.29, 1.82) is 0 Å². The summed E-state index contributed by atoms with van der Waals surface area (Å²) in [5.74, 6) is 0.722. The molecule has 1 aromatic rings. The molecule has 0 bridgehead atoms. The summed E-state index contributed by atoms with van der Waals surface area (Å²) in [5, 5.41) is 0. The molecule has 0 aromatic carbocycles. The van der Waals surface area contributed by atoms with Gasteiger partial charge in [-0.15, -0.1) is 0 Å². The van der Waals surface area contributed by atoms with Gasteiger partial charge >= 0.3 is 0 Å². The Balaban J connectivity index is 2.44. The average molecular weight is 219 g/mol. The third-order valence-electron chi connectivity index (χ3n) is 2.67.